The zero-order chi connectivity index (χ0) is 57.0. The van der Waals surface area contributed by atoms with Gasteiger partial charge in [0.2, 0.25) is 0 Å². The molecule has 0 saturated carbocycles. The lowest BCUT2D eigenvalue weighted by atomic mass is 9.80. The van der Waals surface area contributed by atoms with Crippen LogP contribution in [-0.2, 0) is 23.7 Å². The number of nitrogens with zero attached hydrogens (tertiary/aromatic N) is 3. The third-order valence-electron chi connectivity index (χ3n) is 15.9. The molecule has 5 aliphatic heterocycles. The molecule has 5 saturated heterocycles. The van der Waals surface area contributed by atoms with Gasteiger partial charge < -0.3 is 49.9 Å². The lowest BCUT2D eigenvalue weighted by molar-refractivity contribution is -0.257. The van der Waals surface area contributed by atoms with E-state index in [2.05, 4.69) is 10.6 Å². The van der Waals surface area contributed by atoms with E-state index >= 15 is 28.4 Å². The van der Waals surface area contributed by atoms with Gasteiger partial charge in [-0.1, -0.05) is 0 Å². The van der Waals surface area contributed by atoms with E-state index in [1.165, 1.54) is 10.1 Å². The third-order valence-corrected chi connectivity index (χ3v) is 15.9. The van der Waals surface area contributed by atoms with Gasteiger partial charge in [-0.15, -0.1) is 0 Å². The largest absolute Gasteiger partial charge is 0.459 e. The number of rotatable bonds is 10. The second-order valence-electron chi connectivity index (χ2n) is 29.0. The summed E-state index contributed by atoms with van der Waals surface area (Å²) in [5, 5.41) is 44.2. The van der Waals surface area contributed by atoms with Gasteiger partial charge in [-0.05, 0) is 138 Å². The van der Waals surface area contributed by atoms with Crippen molar-refractivity contribution in [1.29, 1.82) is 0 Å². The van der Waals surface area contributed by atoms with Gasteiger partial charge in [-0.2, -0.15) is 15.2 Å². The zero-order valence-corrected chi connectivity index (χ0v) is 48.6. The molecule has 0 aliphatic carbocycles. The fourth-order valence-corrected chi connectivity index (χ4v) is 14.2. The quantitative estimate of drug-likeness (QED) is 0.109. The van der Waals surface area contributed by atoms with Crippen molar-refractivity contribution in [2.75, 3.05) is 0 Å². The van der Waals surface area contributed by atoms with Crippen molar-refractivity contribution in [3.05, 3.63) is 33.6 Å². The van der Waals surface area contributed by atoms with E-state index in [4.69, 9.17) is 23.7 Å². The van der Waals surface area contributed by atoms with Crippen molar-refractivity contribution in [2.45, 2.75) is 289 Å². The molecule has 424 valence electrons. The molecular formula is C56H90FN5O13. The van der Waals surface area contributed by atoms with Gasteiger partial charge in [-0.25, -0.2) is 28.4 Å². The standard InChI is InChI=1S/C56H90FN5O13/c1-47(2)21-31(22-48(3,4)58-47)71-42(63)36-37(43(64)73-33-25-51(9,10)60(68)52(11,12)26-33)39(45(66)72-32-23-49(5,6)59-50(7,8)24-32)41(57)40(46(67)75-35-29-55(17,18)62(70)56(19,20)30-35)38(36)44(65)74-34-27-53(13,14)61(69)54(15,16)28-34/h31-35,58-59,68-70H,21-30H2,1-20H3. The van der Waals surface area contributed by atoms with Crippen LogP contribution < -0.4 is 10.6 Å². The molecule has 0 bridgehead atoms. The maximum atomic E-state index is 18.7. The minimum atomic E-state index is -1.69. The monoisotopic (exact) mass is 1060 g/mol. The molecule has 0 amide bonds. The first-order chi connectivity index (χ1) is 33.7. The summed E-state index contributed by atoms with van der Waals surface area (Å²) in [5.74, 6) is -8.69. The fourth-order valence-electron chi connectivity index (χ4n) is 14.2. The Morgan fingerprint density at radius 1 is 0.347 bits per heavy atom. The number of esters is 5. The lowest BCUT2D eigenvalue weighted by Gasteiger charge is -2.51. The first-order valence-corrected chi connectivity index (χ1v) is 26.7. The highest BCUT2D eigenvalue weighted by Crippen LogP contribution is 2.44. The highest BCUT2D eigenvalue weighted by Gasteiger charge is 2.53. The van der Waals surface area contributed by atoms with Crippen molar-refractivity contribution < 1.29 is 67.7 Å². The van der Waals surface area contributed by atoms with Gasteiger partial charge in [0.25, 0.3) is 0 Å². The second-order valence-corrected chi connectivity index (χ2v) is 29.0. The molecule has 75 heavy (non-hydrogen) atoms. The molecule has 0 aromatic heterocycles. The predicted octanol–water partition coefficient (Wildman–Crippen LogP) is 9.46. The van der Waals surface area contributed by atoms with Crippen LogP contribution in [-0.4, -0.2) is 147 Å². The van der Waals surface area contributed by atoms with Crippen LogP contribution in [0.15, 0.2) is 0 Å². The molecule has 0 atom stereocenters. The van der Waals surface area contributed by atoms with Gasteiger partial charge in [0.1, 0.15) is 41.6 Å². The summed E-state index contributed by atoms with van der Waals surface area (Å²) in [6.07, 6.45) is -3.53. The smallest absolute Gasteiger partial charge is 0.342 e. The van der Waals surface area contributed by atoms with E-state index in [1.807, 2.05) is 55.4 Å². The third kappa shape index (κ3) is 13.0. The summed E-state index contributed by atoms with van der Waals surface area (Å²) in [4.78, 5) is 77.3. The molecule has 18 nitrogen and oxygen atoms in total. The summed E-state index contributed by atoms with van der Waals surface area (Å²) < 4.78 is 50.0. The van der Waals surface area contributed by atoms with Crippen LogP contribution in [0.3, 0.4) is 0 Å². The van der Waals surface area contributed by atoms with Gasteiger partial charge in [-0.3, -0.25) is 0 Å². The molecular weight excluding hydrogens is 970 g/mol. The molecule has 0 spiro atoms. The lowest BCUT2D eigenvalue weighted by Crippen LogP contribution is -2.61. The maximum Gasteiger partial charge on any atom is 0.342 e. The number of carbonyl (C=O) groups is 5. The van der Waals surface area contributed by atoms with Crippen molar-refractivity contribution >= 4 is 29.8 Å². The Morgan fingerprint density at radius 2 is 0.507 bits per heavy atom. The molecule has 1 aromatic carbocycles. The summed E-state index contributed by atoms with van der Waals surface area (Å²) in [6.45, 7) is 36.3. The predicted molar refractivity (Wildman–Crippen MR) is 277 cm³/mol. The highest BCUT2D eigenvalue weighted by molar-refractivity contribution is 6.19. The van der Waals surface area contributed by atoms with E-state index in [9.17, 15) is 15.6 Å². The van der Waals surface area contributed by atoms with Crippen molar-refractivity contribution in [3.8, 4) is 0 Å². The number of hydrogen-bond donors (Lipinski definition) is 5. The van der Waals surface area contributed by atoms with Crippen LogP contribution in [0.5, 0.6) is 0 Å². The molecule has 19 heteroatoms. The van der Waals surface area contributed by atoms with Crippen LogP contribution in [0.25, 0.3) is 0 Å². The number of nitrogens with one attached hydrogen (secondary N) is 2. The number of benzene rings is 1. The van der Waals surface area contributed by atoms with Crippen LogP contribution in [0.2, 0.25) is 0 Å². The maximum absolute atomic E-state index is 18.7. The minimum Gasteiger partial charge on any atom is -0.459 e. The molecule has 1 aromatic rings. The van der Waals surface area contributed by atoms with Gasteiger partial charge in [0.15, 0.2) is 5.82 Å². The molecule has 6 rings (SSSR count). The Hall–Kier alpha value is -3.82. The minimum absolute atomic E-state index is 0.0418. The molecule has 5 heterocycles. The van der Waals surface area contributed by atoms with Crippen LogP contribution in [0.1, 0.15) is 254 Å². The van der Waals surface area contributed by atoms with Crippen molar-refractivity contribution in [3.63, 3.8) is 0 Å². The average Bonchev–Trinajstić information content (AvgIpc) is 3.17. The van der Waals surface area contributed by atoms with E-state index in [1.54, 1.807) is 83.1 Å². The summed E-state index contributed by atoms with van der Waals surface area (Å²) in [5.41, 5.74) is -13.6. The zero-order valence-electron chi connectivity index (χ0n) is 48.6. The van der Waals surface area contributed by atoms with Crippen LogP contribution in [0.4, 0.5) is 4.39 Å². The van der Waals surface area contributed by atoms with Gasteiger partial charge in [0, 0.05) is 120 Å². The SMILES string of the molecule is CC1(C)CC(OC(=O)c2c(F)c(C(=O)OC3CC(C)(C)N(O)C(C)(C)C3)c(C(=O)OC3CC(C)(C)N(O)C(C)(C)C3)c(C(=O)OC3CC(C)(C)NC(C)(C)C3)c2C(=O)OC2CC(C)(C)N(O)C(C)(C)C2)CC(C)(C)N1. The molecule has 0 unspecified atom stereocenters. The molecule has 0 radical (unpaired) electrons. The van der Waals surface area contributed by atoms with E-state index in [0.717, 1.165) is 5.06 Å². The second kappa shape index (κ2) is 19.8. The van der Waals surface area contributed by atoms with Crippen molar-refractivity contribution in [2.24, 2.45) is 0 Å². The summed E-state index contributed by atoms with van der Waals surface area (Å²) >= 11 is 0. The Labute approximate surface area is 444 Å². The number of hydrogen-bond acceptors (Lipinski definition) is 18. The first kappa shape index (κ1) is 60.4. The first-order valence-electron chi connectivity index (χ1n) is 26.7. The Balaban J connectivity index is 1.67. The van der Waals surface area contributed by atoms with Crippen molar-refractivity contribution in [1.82, 2.24) is 25.8 Å². The van der Waals surface area contributed by atoms with E-state index in [-0.39, 0.29) is 64.2 Å². The fraction of sp³-hybridized carbons (Fsp3) is 0.804. The number of halogens is 1. The Morgan fingerprint density at radius 3 is 0.707 bits per heavy atom. The molecule has 5 N–H and O–H groups in total. The van der Waals surface area contributed by atoms with Crippen LogP contribution >= 0.6 is 0 Å². The number of ether oxygens (including phenoxy) is 5. The number of carbonyl (C=O) groups excluding carboxylic acids is 5. The topological polar surface area (TPSA) is 226 Å². The summed E-state index contributed by atoms with van der Waals surface area (Å²) in [6, 6.07) is 0. The Bertz CT molecular complexity index is 2340. The van der Waals surface area contributed by atoms with Gasteiger partial charge >= 0.3 is 29.8 Å². The highest BCUT2D eigenvalue weighted by atomic mass is 19.1. The van der Waals surface area contributed by atoms with Crippen LogP contribution in [0, 0.1) is 5.82 Å². The normalized spacial score (nSPS) is 26.7. The average molecular weight is 1060 g/mol. The Kier molecular flexibility index (Phi) is 16.0. The summed E-state index contributed by atoms with van der Waals surface area (Å²) in [7, 11) is 0. The molecule has 5 fully saturated rings. The number of hydroxylamine groups is 6. The van der Waals surface area contributed by atoms with Gasteiger partial charge in [0.05, 0.1) is 16.7 Å². The van der Waals surface area contributed by atoms with E-state index < -0.39 is 149 Å². The van der Waals surface area contributed by atoms with E-state index in [0.29, 0.717) is 0 Å². The molecule has 5 aliphatic rings. The number of piperidine rings is 5.